The smallest absolute Gasteiger partial charge is 0.246 e. The highest BCUT2D eigenvalue weighted by molar-refractivity contribution is 5.91. The highest BCUT2D eigenvalue weighted by Gasteiger charge is 2.43. The van der Waals surface area contributed by atoms with Gasteiger partial charge in [-0.15, -0.1) is 0 Å². The maximum absolute atomic E-state index is 12.3. The van der Waals surface area contributed by atoms with E-state index in [0.29, 0.717) is 11.6 Å². The average Bonchev–Trinajstić information content (AvgIpc) is 3.55. The summed E-state index contributed by atoms with van der Waals surface area (Å²) in [5.41, 5.74) is 3.39. The van der Waals surface area contributed by atoms with Crippen molar-refractivity contribution in [2.45, 2.75) is 50.8 Å². The lowest BCUT2D eigenvalue weighted by atomic mass is 9.99. The molecule has 41 heavy (non-hydrogen) atoms. The Morgan fingerprint density at radius 3 is 2.66 bits per heavy atom. The number of nitrogens with zero attached hydrogens (tertiary/aromatic N) is 6. The van der Waals surface area contributed by atoms with Crippen molar-refractivity contribution in [1.29, 1.82) is 0 Å². The van der Waals surface area contributed by atoms with Crippen LogP contribution in [0.25, 0.3) is 16.6 Å². The first-order valence-corrected chi connectivity index (χ1v) is 13.7. The number of hydrogen-bond acceptors (Lipinski definition) is 8. The highest BCUT2D eigenvalue weighted by Crippen LogP contribution is 2.38. The number of benzene rings is 2. The molecule has 206 valence electrons. The standard InChI is InChI=1S/C31H29N7O3/c1-3-30(39)38-21-5-6-22(38)14-25(13-21)40-23-7-8-27-26(15-23)31(34-17-32-27)36-20-4-9-28(19(2)12-20)41-24-10-11-37-29(16-24)33-18-35-37/h3-4,7-12,15-18,21-22,25H,1,5-6,13-14H2,2H3,(H,32,34,36). The van der Waals surface area contributed by atoms with Gasteiger partial charge < -0.3 is 19.7 Å². The van der Waals surface area contributed by atoms with Crippen molar-refractivity contribution < 1.29 is 14.3 Å². The van der Waals surface area contributed by atoms with E-state index in [0.717, 1.165) is 65.0 Å². The summed E-state index contributed by atoms with van der Waals surface area (Å²) in [7, 11) is 0. The van der Waals surface area contributed by atoms with Gasteiger partial charge in [-0.05, 0) is 73.9 Å². The molecule has 10 heteroatoms. The second kappa shape index (κ2) is 10.2. The third-order valence-electron chi connectivity index (χ3n) is 7.95. The monoisotopic (exact) mass is 547 g/mol. The van der Waals surface area contributed by atoms with E-state index < -0.39 is 0 Å². The molecule has 2 bridgehead atoms. The number of aryl methyl sites for hydroxylation is 1. The van der Waals surface area contributed by atoms with Crippen LogP contribution in [0.15, 0.2) is 80.0 Å². The molecule has 2 fully saturated rings. The molecule has 5 aromatic rings. The molecule has 1 N–H and O–H groups in total. The summed E-state index contributed by atoms with van der Waals surface area (Å²) in [5, 5.41) is 8.43. The molecular formula is C31H29N7O3. The van der Waals surface area contributed by atoms with Crippen LogP contribution < -0.4 is 14.8 Å². The van der Waals surface area contributed by atoms with Crippen molar-refractivity contribution in [2.75, 3.05) is 5.32 Å². The minimum absolute atomic E-state index is 0.0257. The summed E-state index contributed by atoms with van der Waals surface area (Å²) in [5.74, 6) is 2.93. The molecule has 2 aliphatic rings. The van der Waals surface area contributed by atoms with Gasteiger partial charge in [-0.3, -0.25) is 4.79 Å². The topological polar surface area (TPSA) is 107 Å². The van der Waals surface area contributed by atoms with Gasteiger partial charge in [0.2, 0.25) is 5.91 Å². The second-order valence-electron chi connectivity index (χ2n) is 10.6. The Balaban J connectivity index is 1.08. The lowest BCUT2D eigenvalue weighted by molar-refractivity contribution is -0.131. The van der Waals surface area contributed by atoms with Crippen LogP contribution in [0.1, 0.15) is 31.2 Å². The van der Waals surface area contributed by atoms with E-state index in [-0.39, 0.29) is 24.1 Å². The van der Waals surface area contributed by atoms with E-state index in [1.165, 1.54) is 12.4 Å². The van der Waals surface area contributed by atoms with E-state index in [2.05, 4.69) is 31.9 Å². The van der Waals surface area contributed by atoms with Crippen LogP contribution in [-0.4, -0.2) is 53.6 Å². The molecule has 2 aliphatic heterocycles. The van der Waals surface area contributed by atoms with Gasteiger partial charge in [0.15, 0.2) is 5.65 Å². The quantitative estimate of drug-likeness (QED) is 0.262. The van der Waals surface area contributed by atoms with Gasteiger partial charge >= 0.3 is 0 Å². The van der Waals surface area contributed by atoms with Crippen LogP contribution >= 0.6 is 0 Å². The van der Waals surface area contributed by atoms with Crippen molar-refractivity contribution in [3.8, 4) is 17.2 Å². The molecule has 2 aromatic carbocycles. The van der Waals surface area contributed by atoms with E-state index >= 15 is 0 Å². The van der Waals surface area contributed by atoms with Crippen LogP contribution in [-0.2, 0) is 4.79 Å². The summed E-state index contributed by atoms with van der Waals surface area (Å²) in [6.45, 7) is 5.67. The van der Waals surface area contributed by atoms with Crippen molar-refractivity contribution in [2.24, 2.45) is 0 Å². The maximum atomic E-state index is 12.3. The lowest BCUT2D eigenvalue weighted by Gasteiger charge is -2.38. The minimum Gasteiger partial charge on any atom is -0.490 e. The Hall–Kier alpha value is -4.99. The number of fused-ring (bicyclic) bond motifs is 4. The van der Waals surface area contributed by atoms with Crippen LogP contribution in [0, 0.1) is 6.92 Å². The highest BCUT2D eigenvalue weighted by atomic mass is 16.5. The second-order valence-corrected chi connectivity index (χ2v) is 10.6. The molecule has 0 aliphatic carbocycles. The molecule has 1 amide bonds. The molecule has 7 rings (SSSR count). The summed E-state index contributed by atoms with van der Waals surface area (Å²) < 4.78 is 14.3. The van der Waals surface area contributed by atoms with E-state index in [1.807, 2.05) is 66.6 Å². The van der Waals surface area contributed by atoms with Crippen molar-refractivity contribution in [1.82, 2.24) is 29.5 Å². The Labute approximate surface area is 236 Å². The minimum atomic E-state index is 0.0257. The molecular weight excluding hydrogens is 518 g/mol. The van der Waals surface area contributed by atoms with Gasteiger partial charge in [-0.2, -0.15) is 5.10 Å². The molecule has 3 aromatic heterocycles. The summed E-state index contributed by atoms with van der Waals surface area (Å²) in [6, 6.07) is 15.9. The lowest BCUT2D eigenvalue weighted by Crippen LogP contribution is -2.48. The maximum Gasteiger partial charge on any atom is 0.246 e. The average molecular weight is 548 g/mol. The van der Waals surface area contributed by atoms with Crippen molar-refractivity contribution >= 4 is 34.0 Å². The first-order chi connectivity index (χ1) is 20.0. The molecule has 10 nitrogen and oxygen atoms in total. The fourth-order valence-electron chi connectivity index (χ4n) is 6.06. The summed E-state index contributed by atoms with van der Waals surface area (Å²) in [6.07, 6.45) is 10.0. The molecule has 0 radical (unpaired) electrons. The fourth-order valence-corrected chi connectivity index (χ4v) is 6.06. The number of rotatable bonds is 7. The summed E-state index contributed by atoms with van der Waals surface area (Å²) in [4.78, 5) is 27.5. The van der Waals surface area contributed by atoms with Crippen molar-refractivity contribution in [3.05, 3.63) is 85.6 Å². The molecule has 2 unspecified atom stereocenters. The predicted octanol–water partition coefficient (Wildman–Crippen LogP) is 5.60. The van der Waals surface area contributed by atoms with E-state index in [9.17, 15) is 4.79 Å². The van der Waals surface area contributed by atoms with Gasteiger partial charge in [-0.1, -0.05) is 6.58 Å². The number of aromatic nitrogens is 5. The third-order valence-corrected chi connectivity index (χ3v) is 7.95. The summed E-state index contributed by atoms with van der Waals surface area (Å²) >= 11 is 0. The van der Waals surface area contributed by atoms with Crippen LogP contribution in [0.4, 0.5) is 11.5 Å². The Kier molecular flexibility index (Phi) is 6.22. The molecule has 2 saturated heterocycles. The predicted molar refractivity (Wildman–Crippen MR) is 155 cm³/mol. The first-order valence-electron chi connectivity index (χ1n) is 13.7. The number of hydrogen-bond donors (Lipinski definition) is 1. The largest absolute Gasteiger partial charge is 0.490 e. The first kappa shape index (κ1) is 25.0. The number of nitrogens with one attached hydrogen (secondary N) is 1. The van der Waals surface area contributed by atoms with Gasteiger partial charge in [0, 0.05) is 48.3 Å². The number of piperidine rings is 1. The van der Waals surface area contributed by atoms with Crippen LogP contribution in [0.3, 0.4) is 0 Å². The number of anilines is 2. The number of ether oxygens (including phenoxy) is 2. The van der Waals surface area contributed by atoms with E-state index in [1.54, 1.807) is 10.8 Å². The molecule has 0 spiro atoms. The normalized spacial score (nSPS) is 19.8. The Bertz CT molecular complexity index is 1770. The van der Waals surface area contributed by atoms with Crippen LogP contribution in [0.5, 0.6) is 17.2 Å². The molecule has 2 atom stereocenters. The number of pyridine rings is 1. The Morgan fingerprint density at radius 1 is 1.00 bits per heavy atom. The van der Waals surface area contributed by atoms with E-state index in [4.69, 9.17) is 9.47 Å². The zero-order valence-electron chi connectivity index (χ0n) is 22.6. The van der Waals surface area contributed by atoms with Crippen molar-refractivity contribution in [3.63, 3.8) is 0 Å². The van der Waals surface area contributed by atoms with Gasteiger partial charge in [0.1, 0.15) is 41.8 Å². The van der Waals surface area contributed by atoms with Gasteiger partial charge in [-0.25, -0.2) is 19.5 Å². The number of amides is 1. The van der Waals surface area contributed by atoms with Gasteiger partial charge in [0.05, 0.1) is 5.52 Å². The SMILES string of the molecule is C=CC(=O)N1C2CCC1CC(Oc1ccc3ncnc(Nc4ccc(Oc5ccn6ncnc6c5)c(C)c4)c3c1)C2. The fraction of sp³-hybridized carbons (Fsp3) is 0.258. The molecule has 0 saturated carbocycles. The number of carbonyl (C=O) groups excluding carboxylic acids is 1. The zero-order valence-corrected chi connectivity index (χ0v) is 22.6. The third kappa shape index (κ3) is 4.82. The van der Waals surface area contributed by atoms with Gasteiger partial charge in [0.25, 0.3) is 0 Å². The Morgan fingerprint density at radius 2 is 1.85 bits per heavy atom. The van der Waals surface area contributed by atoms with Crippen LogP contribution in [0.2, 0.25) is 0 Å². The molecule has 5 heterocycles. The zero-order chi connectivity index (χ0) is 27.9. The number of carbonyl (C=O) groups is 1.